The molecule has 0 N–H and O–H groups in total. The average molecular weight is 394 g/mol. The van der Waals surface area contributed by atoms with Crippen LogP contribution in [0.1, 0.15) is 33.3 Å². The fourth-order valence-corrected chi connectivity index (χ4v) is 3.73. The molecule has 0 radical (unpaired) electrons. The van der Waals surface area contributed by atoms with E-state index < -0.39 is 12.1 Å². The number of hydrogen-bond acceptors (Lipinski definition) is 4. The van der Waals surface area contributed by atoms with Crippen LogP contribution in [0.4, 0.5) is 0 Å². The van der Waals surface area contributed by atoms with Crippen LogP contribution in [0.2, 0.25) is 0 Å². The zero-order chi connectivity index (χ0) is 19.9. The van der Waals surface area contributed by atoms with Gasteiger partial charge in [-0.1, -0.05) is 60.7 Å². The van der Waals surface area contributed by atoms with E-state index in [-0.39, 0.29) is 5.91 Å². The molecule has 0 unspecified atom stereocenters. The van der Waals surface area contributed by atoms with Crippen LogP contribution in [-0.2, 0) is 22.6 Å². The number of aryl methyl sites for hydroxylation is 1. The molecule has 144 valence electrons. The van der Waals surface area contributed by atoms with E-state index in [4.69, 9.17) is 4.74 Å². The van der Waals surface area contributed by atoms with Gasteiger partial charge in [-0.2, -0.15) is 0 Å². The summed E-state index contributed by atoms with van der Waals surface area (Å²) in [7, 11) is 0. The molecule has 3 rings (SSSR count). The van der Waals surface area contributed by atoms with Gasteiger partial charge in [0.1, 0.15) is 4.88 Å². The summed E-state index contributed by atoms with van der Waals surface area (Å²) in [5, 5.41) is 1.84. The second-order valence-corrected chi connectivity index (χ2v) is 7.56. The van der Waals surface area contributed by atoms with Gasteiger partial charge in [0.05, 0.1) is 0 Å². The van der Waals surface area contributed by atoms with Gasteiger partial charge in [-0.25, -0.2) is 4.79 Å². The summed E-state index contributed by atoms with van der Waals surface area (Å²) in [5.41, 5.74) is 2.92. The van der Waals surface area contributed by atoms with E-state index in [1.54, 1.807) is 11.8 Å². The Morgan fingerprint density at radius 1 is 0.929 bits per heavy atom. The molecule has 0 aliphatic rings. The summed E-state index contributed by atoms with van der Waals surface area (Å²) >= 11 is 1.33. The SMILES string of the molecule is Cc1ccsc1C(=O)O[C@@H](C)C(=O)N(Cc1ccccc1)Cc1ccccc1. The molecule has 1 heterocycles. The number of carbonyl (C=O) groups excluding carboxylic acids is 2. The number of hydrogen-bond donors (Lipinski definition) is 0. The van der Waals surface area contributed by atoms with Crippen molar-refractivity contribution in [1.29, 1.82) is 0 Å². The van der Waals surface area contributed by atoms with Crippen molar-refractivity contribution >= 4 is 23.2 Å². The van der Waals surface area contributed by atoms with Crippen molar-refractivity contribution in [3.63, 3.8) is 0 Å². The standard InChI is InChI=1S/C23H23NO3S/c1-17-13-14-28-21(17)23(26)27-18(2)22(25)24(15-19-9-5-3-6-10-19)16-20-11-7-4-8-12-20/h3-14,18H,15-16H2,1-2H3/t18-/m0/s1. The van der Waals surface area contributed by atoms with Gasteiger partial charge in [-0.05, 0) is 42.0 Å². The lowest BCUT2D eigenvalue weighted by atomic mass is 10.1. The molecule has 28 heavy (non-hydrogen) atoms. The summed E-state index contributed by atoms with van der Waals surface area (Å²) in [6, 6.07) is 21.5. The zero-order valence-electron chi connectivity index (χ0n) is 16.0. The van der Waals surface area contributed by atoms with E-state index in [1.807, 2.05) is 79.0 Å². The van der Waals surface area contributed by atoms with E-state index in [1.165, 1.54) is 11.3 Å². The molecule has 0 aliphatic carbocycles. The molecule has 3 aromatic rings. The first-order chi connectivity index (χ1) is 13.5. The molecule has 2 aromatic carbocycles. The third-order valence-corrected chi connectivity index (χ3v) is 5.42. The maximum atomic E-state index is 13.1. The van der Waals surface area contributed by atoms with Gasteiger partial charge in [0, 0.05) is 13.1 Å². The minimum absolute atomic E-state index is 0.213. The third kappa shape index (κ3) is 5.08. The first-order valence-corrected chi connectivity index (χ1v) is 10.0. The molecule has 0 aliphatic heterocycles. The Morgan fingerprint density at radius 3 is 1.93 bits per heavy atom. The summed E-state index contributed by atoms with van der Waals surface area (Å²) in [5.74, 6) is -0.664. The third-order valence-electron chi connectivity index (χ3n) is 4.42. The fraction of sp³-hybridized carbons (Fsp3) is 0.217. The van der Waals surface area contributed by atoms with E-state index in [2.05, 4.69) is 0 Å². The van der Waals surface area contributed by atoms with Crippen molar-refractivity contribution in [3.05, 3.63) is 93.7 Å². The van der Waals surface area contributed by atoms with Crippen LogP contribution >= 0.6 is 11.3 Å². The van der Waals surface area contributed by atoms with E-state index in [0.29, 0.717) is 18.0 Å². The number of benzene rings is 2. The molecular formula is C23H23NO3S. The number of ether oxygens (including phenoxy) is 1. The number of thiophene rings is 1. The molecule has 5 heteroatoms. The summed E-state index contributed by atoms with van der Waals surface area (Å²) in [4.78, 5) is 27.8. The molecular weight excluding hydrogens is 370 g/mol. The van der Waals surface area contributed by atoms with Gasteiger partial charge in [0.15, 0.2) is 6.10 Å². The van der Waals surface area contributed by atoms with Crippen molar-refractivity contribution in [1.82, 2.24) is 4.90 Å². The Morgan fingerprint density at radius 2 is 1.46 bits per heavy atom. The Balaban J connectivity index is 1.74. The van der Waals surface area contributed by atoms with Crippen molar-refractivity contribution < 1.29 is 14.3 Å². The predicted molar refractivity (Wildman–Crippen MR) is 111 cm³/mol. The monoisotopic (exact) mass is 393 g/mol. The van der Waals surface area contributed by atoms with Crippen molar-refractivity contribution in [2.24, 2.45) is 0 Å². The summed E-state index contributed by atoms with van der Waals surface area (Å²) in [6.07, 6.45) is -0.860. The topological polar surface area (TPSA) is 46.6 Å². The molecule has 0 saturated heterocycles. The average Bonchev–Trinajstić information content (AvgIpc) is 3.14. The van der Waals surface area contributed by atoms with E-state index in [0.717, 1.165) is 16.7 Å². The largest absolute Gasteiger partial charge is 0.448 e. The normalized spacial score (nSPS) is 11.6. The quantitative estimate of drug-likeness (QED) is 0.540. The van der Waals surface area contributed by atoms with Crippen LogP contribution in [0.15, 0.2) is 72.1 Å². The molecule has 1 atom stereocenters. The van der Waals surface area contributed by atoms with Crippen LogP contribution in [-0.4, -0.2) is 22.9 Å². The molecule has 0 saturated carbocycles. The van der Waals surface area contributed by atoms with Gasteiger partial charge in [0.25, 0.3) is 5.91 Å². The van der Waals surface area contributed by atoms with Crippen LogP contribution < -0.4 is 0 Å². The first-order valence-electron chi connectivity index (χ1n) is 9.16. The highest BCUT2D eigenvalue weighted by atomic mass is 32.1. The highest BCUT2D eigenvalue weighted by molar-refractivity contribution is 7.12. The van der Waals surface area contributed by atoms with Crippen molar-refractivity contribution in [2.75, 3.05) is 0 Å². The maximum absolute atomic E-state index is 13.1. The van der Waals surface area contributed by atoms with Crippen molar-refractivity contribution in [3.8, 4) is 0 Å². The van der Waals surface area contributed by atoms with E-state index >= 15 is 0 Å². The second kappa shape index (κ2) is 9.33. The Hall–Kier alpha value is -2.92. The van der Waals surface area contributed by atoms with Gasteiger partial charge in [-0.15, -0.1) is 11.3 Å². The predicted octanol–water partition coefficient (Wildman–Crippen LogP) is 4.83. The molecule has 0 spiro atoms. The summed E-state index contributed by atoms with van der Waals surface area (Å²) < 4.78 is 5.47. The van der Waals surface area contributed by atoms with Gasteiger partial charge in [-0.3, -0.25) is 4.79 Å². The second-order valence-electron chi connectivity index (χ2n) is 6.65. The van der Waals surface area contributed by atoms with Gasteiger partial charge >= 0.3 is 5.97 Å². The van der Waals surface area contributed by atoms with Crippen LogP contribution in [0.3, 0.4) is 0 Å². The fourth-order valence-electron chi connectivity index (χ4n) is 2.92. The first kappa shape index (κ1) is 19.8. The van der Waals surface area contributed by atoms with Crippen LogP contribution in [0.5, 0.6) is 0 Å². The van der Waals surface area contributed by atoms with Gasteiger partial charge in [0.2, 0.25) is 0 Å². The highest BCUT2D eigenvalue weighted by Gasteiger charge is 2.25. The number of amides is 1. The Labute approximate surface area is 169 Å². The van der Waals surface area contributed by atoms with E-state index in [9.17, 15) is 9.59 Å². The van der Waals surface area contributed by atoms with Crippen molar-refractivity contribution in [2.45, 2.75) is 33.0 Å². The number of rotatable bonds is 7. The number of nitrogens with zero attached hydrogens (tertiary/aromatic N) is 1. The van der Waals surface area contributed by atoms with Crippen LogP contribution in [0.25, 0.3) is 0 Å². The molecule has 0 bridgehead atoms. The summed E-state index contributed by atoms with van der Waals surface area (Å²) in [6.45, 7) is 4.39. The zero-order valence-corrected chi connectivity index (χ0v) is 16.8. The lowest BCUT2D eigenvalue weighted by molar-refractivity contribution is -0.141. The minimum Gasteiger partial charge on any atom is -0.448 e. The molecule has 1 amide bonds. The lowest BCUT2D eigenvalue weighted by Crippen LogP contribution is -2.39. The number of esters is 1. The smallest absolute Gasteiger partial charge is 0.349 e. The highest BCUT2D eigenvalue weighted by Crippen LogP contribution is 2.19. The lowest BCUT2D eigenvalue weighted by Gasteiger charge is -2.26. The molecule has 1 aromatic heterocycles. The van der Waals surface area contributed by atoms with Crippen LogP contribution in [0, 0.1) is 6.92 Å². The Kier molecular flexibility index (Phi) is 6.61. The molecule has 4 nitrogen and oxygen atoms in total. The molecule has 0 fully saturated rings. The Bertz CT molecular complexity index is 880. The minimum atomic E-state index is -0.860. The van der Waals surface area contributed by atoms with Gasteiger partial charge < -0.3 is 9.64 Å². The maximum Gasteiger partial charge on any atom is 0.349 e. The number of carbonyl (C=O) groups is 2.